The number of carbonyl (C=O) groups excluding carboxylic acids is 1. The first-order valence-corrected chi connectivity index (χ1v) is 9.25. The van der Waals surface area contributed by atoms with Crippen LogP contribution in [0, 0.1) is 12.8 Å². The maximum absolute atomic E-state index is 12.6. The molecule has 0 saturated carbocycles. The third-order valence-corrected chi connectivity index (χ3v) is 7.70. The molecule has 2 aromatic rings. The number of sulfone groups is 1. The number of methoxy groups -OCH3 is 1. The number of hydrogen-bond donors (Lipinski definition) is 1. The van der Waals surface area contributed by atoms with Crippen LogP contribution in [0.3, 0.4) is 0 Å². The molecule has 4 rings (SSSR count). The number of rotatable bonds is 2. The van der Waals surface area contributed by atoms with Crippen LogP contribution < -0.4 is 4.90 Å². The highest BCUT2D eigenvalue weighted by atomic mass is 32.2. The minimum absolute atomic E-state index is 0.0184. The van der Waals surface area contributed by atoms with Crippen molar-refractivity contribution in [3.63, 3.8) is 0 Å². The van der Waals surface area contributed by atoms with Crippen LogP contribution >= 0.6 is 0 Å². The van der Waals surface area contributed by atoms with E-state index >= 15 is 0 Å². The molecule has 128 valence electrons. The SMILES string of the molecule is COC(=O)C1CCS(=O)(=O)C12CN(c1ncnc3n[nH]c(C)c13)C2. The Hall–Kier alpha value is -2.23. The highest BCUT2D eigenvalue weighted by Crippen LogP contribution is 2.47. The highest BCUT2D eigenvalue weighted by molar-refractivity contribution is 7.93. The van der Waals surface area contributed by atoms with Gasteiger partial charge in [0.25, 0.3) is 0 Å². The lowest BCUT2D eigenvalue weighted by Gasteiger charge is -2.49. The molecule has 24 heavy (non-hydrogen) atoms. The molecular weight excluding hydrogens is 334 g/mol. The summed E-state index contributed by atoms with van der Waals surface area (Å²) in [5, 5.41) is 7.74. The predicted molar refractivity (Wildman–Crippen MR) is 85.3 cm³/mol. The molecule has 0 aliphatic carbocycles. The zero-order valence-electron chi connectivity index (χ0n) is 13.3. The van der Waals surface area contributed by atoms with Crippen molar-refractivity contribution in [1.82, 2.24) is 20.2 Å². The minimum Gasteiger partial charge on any atom is -0.469 e. The second-order valence-corrected chi connectivity index (χ2v) is 8.80. The van der Waals surface area contributed by atoms with Crippen LogP contribution in [0.5, 0.6) is 0 Å². The molecule has 1 unspecified atom stereocenters. The Kier molecular flexibility index (Phi) is 3.11. The van der Waals surface area contributed by atoms with Gasteiger partial charge in [-0.2, -0.15) is 5.10 Å². The largest absolute Gasteiger partial charge is 0.469 e. The van der Waals surface area contributed by atoms with Crippen molar-refractivity contribution in [2.24, 2.45) is 5.92 Å². The maximum atomic E-state index is 12.6. The first-order valence-electron chi connectivity index (χ1n) is 7.60. The Morgan fingerprint density at radius 3 is 2.88 bits per heavy atom. The molecule has 0 amide bonds. The third-order valence-electron chi connectivity index (χ3n) is 5.14. The van der Waals surface area contributed by atoms with E-state index in [4.69, 9.17) is 4.74 Å². The lowest BCUT2D eigenvalue weighted by atomic mass is 9.83. The summed E-state index contributed by atoms with van der Waals surface area (Å²) in [7, 11) is -2.06. The van der Waals surface area contributed by atoms with E-state index in [0.29, 0.717) is 17.9 Å². The molecule has 2 aromatic heterocycles. The van der Waals surface area contributed by atoms with Crippen LogP contribution in [-0.2, 0) is 19.4 Å². The van der Waals surface area contributed by atoms with Crippen molar-refractivity contribution in [3.05, 3.63) is 12.0 Å². The maximum Gasteiger partial charge on any atom is 0.310 e. The van der Waals surface area contributed by atoms with E-state index in [1.165, 1.54) is 13.4 Å². The van der Waals surface area contributed by atoms with Crippen molar-refractivity contribution in [3.8, 4) is 0 Å². The van der Waals surface area contributed by atoms with Gasteiger partial charge in [0, 0.05) is 18.8 Å². The summed E-state index contributed by atoms with van der Waals surface area (Å²) in [6, 6.07) is 0. The fraction of sp³-hybridized carbons (Fsp3) is 0.571. The molecule has 1 N–H and O–H groups in total. The number of hydrogen-bond acceptors (Lipinski definition) is 8. The Morgan fingerprint density at radius 1 is 1.42 bits per heavy atom. The van der Waals surface area contributed by atoms with Gasteiger partial charge in [-0.05, 0) is 13.3 Å². The second kappa shape index (κ2) is 4.88. The van der Waals surface area contributed by atoms with E-state index in [2.05, 4.69) is 20.2 Å². The van der Waals surface area contributed by atoms with Crippen LogP contribution in [0.15, 0.2) is 6.33 Å². The van der Waals surface area contributed by atoms with Gasteiger partial charge in [0.1, 0.15) is 16.9 Å². The molecule has 1 spiro atoms. The number of carbonyl (C=O) groups is 1. The summed E-state index contributed by atoms with van der Waals surface area (Å²) in [5.74, 6) is -0.415. The number of nitrogens with zero attached hydrogens (tertiary/aromatic N) is 4. The van der Waals surface area contributed by atoms with Crippen LogP contribution in [0.1, 0.15) is 12.1 Å². The van der Waals surface area contributed by atoms with E-state index in [1.807, 2.05) is 11.8 Å². The van der Waals surface area contributed by atoms with Crippen molar-refractivity contribution in [2.45, 2.75) is 18.1 Å². The van der Waals surface area contributed by atoms with Crippen LogP contribution in [-0.4, -0.2) is 65.3 Å². The standard InChI is InChI=1S/C14H17N5O4S/c1-8-10-11(18-17-8)15-7-16-12(10)19-5-14(6-19)9(13(20)23-2)3-4-24(14,21)22/h7,9H,3-6H2,1-2H3,(H,15,16,17,18). The zero-order chi connectivity index (χ0) is 17.1. The molecule has 2 aliphatic rings. The number of nitrogens with one attached hydrogen (secondary N) is 1. The molecule has 10 heteroatoms. The van der Waals surface area contributed by atoms with Crippen LogP contribution in [0.2, 0.25) is 0 Å². The van der Waals surface area contributed by atoms with Crippen molar-refractivity contribution < 1.29 is 17.9 Å². The Morgan fingerprint density at radius 2 is 2.17 bits per heavy atom. The number of H-pyrrole nitrogens is 1. The second-order valence-electron chi connectivity index (χ2n) is 6.35. The Bertz CT molecular complexity index is 932. The summed E-state index contributed by atoms with van der Waals surface area (Å²) in [6.45, 7) is 2.32. The van der Waals surface area contributed by atoms with Crippen molar-refractivity contribution in [1.29, 1.82) is 0 Å². The highest BCUT2D eigenvalue weighted by Gasteiger charge is 2.64. The topological polar surface area (TPSA) is 118 Å². The smallest absolute Gasteiger partial charge is 0.310 e. The quantitative estimate of drug-likeness (QED) is 0.741. The summed E-state index contributed by atoms with van der Waals surface area (Å²) in [4.78, 5) is 22.3. The van der Waals surface area contributed by atoms with Gasteiger partial charge in [-0.25, -0.2) is 18.4 Å². The number of anilines is 1. The number of fused-ring (bicyclic) bond motifs is 1. The number of aryl methyl sites for hydroxylation is 1. The molecule has 9 nitrogen and oxygen atoms in total. The van der Waals surface area contributed by atoms with Gasteiger partial charge in [-0.15, -0.1) is 0 Å². The normalized spacial score (nSPS) is 24.2. The molecular formula is C14H17N5O4S. The van der Waals surface area contributed by atoms with Gasteiger partial charge < -0.3 is 9.64 Å². The monoisotopic (exact) mass is 351 g/mol. The first-order chi connectivity index (χ1) is 11.4. The predicted octanol–water partition coefficient (Wildman–Crippen LogP) is -0.172. The number of aromatic amines is 1. The van der Waals surface area contributed by atoms with E-state index < -0.39 is 26.5 Å². The molecule has 2 fully saturated rings. The number of esters is 1. The fourth-order valence-corrected chi connectivity index (χ4v) is 6.12. The van der Waals surface area contributed by atoms with E-state index in [1.54, 1.807) is 0 Å². The summed E-state index contributed by atoms with van der Waals surface area (Å²) < 4.78 is 28.9. The molecule has 2 saturated heterocycles. The number of ether oxygens (including phenoxy) is 1. The average molecular weight is 351 g/mol. The average Bonchev–Trinajstić information content (AvgIpc) is 3.03. The lowest BCUT2D eigenvalue weighted by Crippen LogP contribution is -2.68. The van der Waals surface area contributed by atoms with Gasteiger partial charge >= 0.3 is 5.97 Å². The molecule has 0 bridgehead atoms. The van der Waals surface area contributed by atoms with Gasteiger partial charge in [-0.1, -0.05) is 0 Å². The molecule has 1 atom stereocenters. The molecule has 0 aromatic carbocycles. The fourth-order valence-electron chi connectivity index (χ4n) is 3.82. The lowest BCUT2D eigenvalue weighted by molar-refractivity contribution is -0.146. The van der Waals surface area contributed by atoms with E-state index in [0.717, 1.165) is 11.1 Å². The van der Waals surface area contributed by atoms with E-state index in [-0.39, 0.29) is 18.8 Å². The Labute approximate surface area is 138 Å². The van der Waals surface area contributed by atoms with Crippen LogP contribution in [0.4, 0.5) is 5.82 Å². The Balaban J connectivity index is 1.71. The zero-order valence-corrected chi connectivity index (χ0v) is 14.1. The van der Waals surface area contributed by atoms with Crippen molar-refractivity contribution in [2.75, 3.05) is 30.9 Å². The number of aromatic nitrogens is 4. The van der Waals surface area contributed by atoms with Crippen molar-refractivity contribution >= 4 is 32.7 Å². The van der Waals surface area contributed by atoms with Gasteiger partial charge in [0.05, 0.1) is 24.2 Å². The van der Waals surface area contributed by atoms with E-state index in [9.17, 15) is 13.2 Å². The molecule has 0 radical (unpaired) electrons. The third kappa shape index (κ3) is 1.83. The summed E-state index contributed by atoms with van der Waals surface area (Å²) in [5.41, 5.74) is 1.36. The molecule has 2 aliphatic heterocycles. The molecule has 4 heterocycles. The van der Waals surface area contributed by atoms with Gasteiger partial charge in [0.2, 0.25) is 0 Å². The minimum atomic E-state index is -3.35. The first kappa shape index (κ1) is 15.3. The van der Waals surface area contributed by atoms with Gasteiger partial charge in [-0.3, -0.25) is 9.89 Å². The van der Waals surface area contributed by atoms with Gasteiger partial charge in [0.15, 0.2) is 15.5 Å². The summed E-state index contributed by atoms with van der Waals surface area (Å²) in [6.07, 6.45) is 1.72. The summed E-state index contributed by atoms with van der Waals surface area (Å²) >= 11 is 0. The van der Waals surface area contributed by atoms with Crippen LogP contribution in [0.25, 0.3) is 11.0 Å².